The first kappa shape index (κ1) is 21.2. The third-order valence-corrected chi connectivity index (χ3v) is 5.66. The number of aromatic nitrogens is 2. The van der Waals surface area contributed by atoms with E-state index in [0.717, 1.165) is 56.0 Å². The molecule has 31 heavy (non-hydrogen) atoms. The van der Waals surface area contributed by atoms with Crippen molar-refractivity contribution in [3.05, 3.63) is 65.2 Å². The van der Waals surface area contributed by atoms with Crippen LogP contribution in [0.4, 0.5) is 29.0 Å². The summed E-state index contributed by atoms with van der Waals surface area (Å²) < 4.78 is 0. The van der Waals surface area contributed by atoms with E-state index in [-0.39, 0.29) is 0 Å². The van der Waals surface area contributed by atoms with Crippen molar-refractivity contribution in [3.8, 4) is 0 Å². The Labute approximate surface area is 188 Å². The number of nitrogens with two attached hydrogens (primary N) is 1. The van der Waals surface area contributed by atoms with Crippen LogP contribution in [0.15, 0.2) is 54.6 Å². The Hall–Kier alpha value is -3.03. The average Bonchev–Trinajstić information content (AvgIpc) is 2.77. The van der Waals surface area contributed by atoms with Gasteiger partial charge in [-0.15, -0.1) is 0 Å². The first-order valence-electron chi connectivity index (χ1n) is 10.4. The highest BCUT2D eigenvalue weighted by Gasteiger charge is 2.20. The Morgan fingerprint density at radius 2 is 1.74 bits per heavy atom. The monoisotopic (exact) mass is 437 g/mol. The van der Waals surface area contributed by atoms with Gasteiger partial charge in [-0.3, -0.25) is 4.90 Å². The van der Waals surface area contributed by atoms with Gasteiger partial charge in [-0.2, -0.15) is 9.97 Å². The highest BCUT2D eigenvalue weighted by Crippen LogP contribution is 2.27. The second-order valence-electron chi connectivity index (χ2n) is 7.92. The van der Waals surface area contributed by atoms with Crippen LogP contribution in [0.2, 0.25) is 5.02 Å². The minimum atomic E-state index is 0.515. The lowest BCUT2D eigenvalue weighted by atomic mass is 10.2. The summed E-state index contributed by atoms with van der Waals surface area (Å²) in [5.74, 6) is 2.30. The molecule has 0 amide bonds. The van der Waals surface area contributed by atoms with E-state index in [9.17, 15) is 0 Å². The third-order valence-electron chi connectivity index (χ3n) is 5.34. The molecule has 0 radical (unpaired) electrons. The first-order valence-corrected chi connectivity index (χ1v) is 10.8. The highest BCUT2D eigenvalue weighted by atomic mass is 35.5. The van der Waals surface area contributed by atoms with Crippen molar-refractivity contribution in [3.63, 3.8) is 0 Å². The molecule has 0 spiro atoms. The van der Waals surface area contributed by atoms with Gasteiger partial charge in [0, 0.05) is 58.6 Å². The van der Waals surface area contributed by atoms with E-state index in [0.29, 0.717) is 10.7 Å². The Kier molecular flexibility index (Phi) is 6.44. The van der Waals surface area contributed by atoms with E-state index in [1.54, 1.807) is 12.1 Å². The minimum Gasteiger partial charge on any atom is -0.398 e. The van der Waals surface area contributed by atoms with Crippen LogP contribution in [0.1, 0.15) is 5.56 Å². The van der Waals surface area contributed by atoms with Gasteiger partial charge in [0.2, 0.25) is 5.95 Å². The highest BCUT2D eigenvalue weighted by molar-refractivity contribution is 6.33. The molecule has 0 bridgehead atoms. The van der Waals surface area contributed by atoms with Gasteiger partial charge in [-0.05, 0) is 23.8 Å². The van der Waals surface area contributed by atoms with Crippen LogP contribution >= 0.6 is 11.6 Å². The van der Waals surface area contributed by atoms with Crippen LogP contribution in [0, 0.1) is 0 Å². The number of benzene rings is 2. The molecule has 1 fully saturated rings. The van der Waals surface area contributed by atoms with Crippen molar-refractivity contribution in [1.29, 1.82) is 0 Å². The van der Waals surface area contributed by atoms with E-state index in [4.69, 9.17) is 27.3 Å². The molecule has 1 aliphatic rings. The van der Waals surface area contributed by atoms with E-state index in [2.05, 4.69) is 45.4 Å². The summed E-state index contributed by atoms with van der Waals surface area (Å²) in [5.41, 5.74) is 8.56. The van der Waals surface area contributed by atoms with Gasteiger partial charge < -0.3 is 20.9 Å². The number of hydrogen-bond donors (Lipinski definition) is 2. The molecule has 2 heterocycles. The Morgan fingerprint density at radius 3 is 2.42 bits per heavy atom. The van der Waals surface area contributed by atoms with E-state index in [1.165, 1.54) is 5.56 Å². The molecule has 1 saturated heterocycles. The Bertz CT molecular complexity index is 1020. The fourth-order valence-electron chi connectivity index (χ4n) is 3.56. The van der Waals surface area contributed by atoms with Crippen molar-refractivity contribution in [2.75, 3.05) is 61.1 Å². The van der Waals surface area contributed by atoms with Crippen LogP contribution in [0.3, 0.4) is 0 Å². The zero-order chi connectivity index (χ0) is 21.8. The smallest absolute Gasteiger partial charge is 0.229 e. The van der Waals surface area contributed by atoms with Crippen LogP contribution in [-0.2, 0) is 6.54 Å². The summed E-state index contributed by atoms with van der Waals surface area (Å²) in [5, 5.41) is 3.85. The molecular formula is C23H28ClN7. The number of nitrogens with zero attached hydrogens (tertiary/aromatic N) is 5. The fraction of sp³-hybridized carbons (Fsp3) is 0.304. The van der Waals surface area contributed by atoms with Crippen LogP contribution < -0.4 is 20.9 Å². The average molecular weight is 438 g/mol. The Balaban J connectivity index is 1.48. The molecule has 0 saturated carbocycles. The van der Waals surface area contributed by atoms with Crippen molar-refractivity contribution in [2.45, 2.75) is 6.54 Å². The summed E-state index contributed by atoms with van der Waals surface area (Å²) in [6, 6.07) is 18.0. The lowest BCUT2D eigenvalue weighted by molar-refractivity contribution is 0.249. The second-order valence-corrected chi connectivity index (χ2v) is 8.32. The number of nitrogen functional groups attached to an aromatic ring is 1. The largest absolute Gasteiger partial charge is 0.398 e. The number of anilines is 5. The number of nitrogens with one attached hydrogen (secondary N) is 1. The van der Waals surface area contributed by atoms with Crippen LogP contribution in [-0.4, -0.2) is 55.1 Å². The predicted molar refractivity (Wildman–Crippen MR) is 129 cm³/mol. The molecule has 3 aromatic rings. The molecule has 8 heteroatoms. The summed E-state index contributed by atoms with van der Waals surface area (Å²) in [6.07, 6.45) is 0. The summed E-state index contributed by atoms with van der Waals surface area (Å²) in [4.78, 5) is 16.3. The van der Waals surface area contributed by atoms with Gasteiger partial charge in [0.05, 0.1) is 10.7 Å². The molecule has 162 valence electrons. The molecule has 7 nitrogen and oxygen atoms in total. The molecule has 0 unspecified atom stereocenters. The standard InChI is InChI=1S/C23H28ClN7/c1-29(2)22-15-21(26-18-8-9-20(25)19(24)14-18)27-23(28-22)31-12-10-30(11-13-31)16-17-6-4-3-5-7-17/h3-9,14-15H,10-13,16,25H2,1-2H3,(H,26,27,28). The number of piperazine rings is 1. The Morgan fingerprint density at radius 1 is 1.00 bits per heavy atom. The molecule has 4 rings (SSSR count). The number of hydrogen-bond acceptors (Lipinski definition) is 7. The maximum absolute atomic E-state index is 6.17. The molecule has 2 aromatic carbocycles. The lowest BCUT2D eigenvalue weighted by Crippen LogP contribution is -2.46. The van der Waals surface area contributed by atoms with Gasteiger partial charge in [-0.25, -0.2) is 0 Å². The quantitative estimate of drug-likeness (QED) is 0.567. The molecule has 1 aliphatic heterocycles. The van der Waals surface area contributed by atoms with Crippen molar-refractivity contribution in [2.24, 2.45) is 0 Å². The molecule has 3 N–H and O–H groups in total. The van der Waals surface area contributed by atoms with Crippen molar-refractivity contribution >= 4 is 40.6 Å². The summed E-state index contributed by atoms with van der Waals surface area (Å²) >= 11 is 6.17. The summed E-state index contributed by atoms with van der Waals surface area (Å²) in [6.45, 7) is 4.69. The normalized spacial score (nSPS) is 14.5. The van der Waals surface area contributed by atoms with Crippen LogP contribution in [0.25, 0.3) is 0 Å². The first-order chi connectivity index (χ1) is 15.0. The van der Waals surface area contributed by atoms with E-state index >= 15 is 0 Å². The fourth-order valence-corrected chi connectivity index (χ4v) is 3.74. The third kappa shape index (κ3) is 5.37. The molecule has 0 atom stereocenters. The second kappa shape index (κ2) is 9.41. The van der Waals surface area contributed by atoms with Crippen molar-refractivity contribution < 1.29 is 0 Å². The molecule has 1 aromatic heterocycles. The predicted octanol–water partition coefficient (Wildman–Crippen LogP) is 3.84. The zero-order valence-corrected chi connectivity index (χ0v) is 18.7. The topological polar surface area (TPSA) is 73.6 Å². The summed E-state index contributed by atoms with van der Waals surface area (Å²) in [7, 11) is 3.96. The number of rotatable bonds is 6. The SMILES string of the molecule is CN(C)c1cc(Nc2ccc(N)c(Cl)c2)nc(N2CCN(Cc3ccccc3)CC2)n1. The van der Waals surface area contributed by atoms with Gasteiger partial charge in [0.25, 0.3) is 0 Å². The van der Waals surface area contributed by atoms with Crippen LogP contribution in [0.5, 0.6) is 0 Å². The maximum Gasteiger partial charge on any atom is 0.229 e. The minimum absolute atomic E-state index is 0.515. The molecule has 0 aliphatic carbocycles. The number of halogens is 1. The lowest BCUT2D eigenvalue weighted by Gasteiger charge is -2.35. The van der Waals surface area contributed by atoms with Gasteiger partial charge in [-0.1, -0.05) is 41.9 Å². The molecular weight excluding hydrogens is 410 g/mol. The van der Waals surface area contributed by atoms with E-state index in [1.807, 2.05) is 31.1 Å². The van der Waals surface area contributed by atoms with Crippen molar-refractivity contribution in [1.82, 2.24) is 14.9 Å². The van der Waals surface area contributed by atoms with Gasteiger partial charge in [0.1, 0.15) is 11.6 Å². The zero-order valence-electron chi connectivity index (χ0n) is 17.9. The van der Waals surface area contributed by atoms with Gasteiger partial charge in [0.15, 0.2) is 0 Å². The van der Waals surface area contributed by atoms with Gasteiger partial charge >= 0.3 is 0 Å². The van der Waals surface area contributed by atoms with E-state index < -0.39 is 0 Å². The maximum atomic E-state index is 6.17.